The Balaban J connectivity index is 1.66. The summed E-state index contributed by atoms with van der Waals surface area (Å²) in [5.41, 5.74) is 6.05. The summed E-state index contributed by atoms with van der Waals surface area (Å²) >= 11 is 6.36. The Bertz CT molecular complexity index is 1110. The van der Waals surface area contributed by atoms with E-state index in [1.807, 2.05) is 19.1 Å². The molecule has 3 heterocycles. The molecule has 5 heteroatoms. The summed E-state index contributed by atoms with van der Waals surface area (Å²) < 4.78 is 2.36. The average molecular weight is 410 g/mol. The third kappa shape index (κ3) is 3.09. The van der Waals surface area contributed by atoms with Crippen molar-refractivity contribution in [1.82, 2.24) is 14.5 Å². The van der Waals surface area contributed by atoms with Crippen molar-refractivity contribution in [3.05, 3.63) is 63.6 Å². The largest absolute Gasteiger partial charge is 0.383 e. The van der Waals surface area contributed by atoms with Gasteiger partial charge in [0.15, 0.2) is 0 Å². The van der Waals surface area contributed by atoms with E-state index in [1.165, 1.54) is 22.2 Å². The first kappa shape index (κ1) is 19.1. The molecular formula is C24H28ClN3O. The number of rotatable bonds is 2. The molecule has 5 rings (SSSR count). The molecule has 0 radical (unpaired) electrons. The van der Waals surface area contributed by atoms with E-state index in [-0.39, 0.29) is 0 Å². The Morgan fingerprint density at radius 3 is 2.93 bits per heavy atom. The molecule has 0 amide bonds. The van der Waals surface area contributed by atoms with Crippen LogP contribution in [0.5, 0.6) is 0 Å². The Morgan fingerprint density at radius 1 is 1.28 bits per heavy atom. The molecule has 4 nitrogen and oxygen atoms in total. The van der Waals surface area contributed by atoms with E-state index < -0.39 is 5.60 Å². The van der Waals surface area contributed by atoms with Crippen LogP contribution in [0.25, 0.3) is 10.9 Å². The van der Waals surface area contributed by atoms with Gasteiger partial charge in [0.05, 0.1) is 6.54 Å². The zero-order chi connectivity index (χ0) is 20.3. The number of halogens is 1. The van der Waals surface area contributed by atoms with Gasteiger partial charge in [-0.3, -0.25) is 9.88 Å². The highest BCUT2D eigenvalue weighted by molar-refractivity contribution is 6.31. The molecule has 1 N–H and O–H groups in total. The predicted octanol–water partition coefficient (Wildman–Crippen LogP) is 4.60. The highest BCUT2D eigenvalue weighted by Crippen LogP contribution is 2.40. The maximum absolute atomic E-state index is 11.8. The number of hydrogen-bond acceptors (Lipinski definition) is 3. The molecule has 1 aliphatic carbocycles. The van der Waals surface area contributed by atoms with Gasteiger partial charge in [-0.2, -0.15) is 0 Å². The fraction of sp³-hybridized carbons (Fsp3) is 0.458. The van der Waals surface area contributed by atoms with E-state index in [0.29, 0.717) is 12.6 Å². The van der Waals surface area contributed by atoms with Gasteiger partial charge in [-0.1, -0.05) is 17.7 Å². The van der Waals surface area contributed by atoms with E-state index >= 15 is 0 Å². The second-order valence-corrected chi connectivity index (χ2v) is 9.41. The van der Waals surface area contributed by atoms with Crippen molar-refractivity contribution in [2.75, 3.05) is 7.05 Å². The maximum Gasteiger partial charge on any atom is 0.109 e. The molecule has 2 unspecified atom stereocenters. The SMILES string of the molecule is Cc1ccc2c(n1)CCCC2(O)Cn1c2c(c3cc(Cl)ccc31)CN(C)C(C)C2. The molecule has 1 aromatic carbocycles. The molecule has 2 aliphatic rings. The molecule has 0 spiro atoms. The van der Waals surface area contributed by atoms with Gasteiger partial charge in [0.25, 0.3) is 0 Å². The molecule has 1 aliphatic heterocycles. The number of likely N-dealkylation sites (N-methyl/N-ethyl adjacent to an activating group) is 1. The van der Waals surface area contributed by atoms with E-state index in [4.69, 9.17) is 16.6 Å². The summed E-state index contributed by atoms with van der Waals surface area (Å²) in [6.07, 6.45) is 3.66. The second kappa shape index (κ2) is 6.83. The molecular weight excluding hydrogens is 382 g/mol. The fourth-order valence-electron chi connectivity index (χ4n) is 5.21. The summed E-state index contributed by atoms with van der Waals surface area (Å²) in [5.74, 6) is 0. The van der Waals surface area contributed by atoms with Gasteiger partial charge in [0, 0.05) is 57.6 Å². The minimum atomic E-state index is -0.889. The van der Waals surface area contributed by atoms with Crippen LogP contribution in [0.3, 0.4) is 0 Å². The third-order valence-electron chi connectivity index (χ3n) is 6.94. The van der Waals surface area contributed by atoms with Gasteiger partial charge in [-0.25, -0.2) is 0 Å². The van der Waals surface area contributed by atoms with Gasteiger partial charge in [0.2, 0.25) is 0 Å². The summed E-state index contributed by atoms with van der Waals surface area (Å²) in [4.78, 5) is 7.12. The van der Waals surface area contributed by atoms with Crippen molar-refractivity contribution in [1.29, 1.82) is 0 Å². The number of nitrogens with zero attached hydrogens (tertiary/aromatic N) is 3. The van der Waals surface area contributed by atoms with E-state index in [1.54, 1.807) is 0 Å². The van der Waals surface area contributed by atoms with Crippen molar-refractivity contribution in [2.45, 2.75) is 64.3 Å². The summed E-state index contributed by atoms with van der Waals surface area (Å²) in [6, 6.07) is 10.7. The highest BCUT2D eigenvalue weighted by atomic mass is 35.5. The summed E-state index contributed by atoms with van der Waals surface area (Å²) in [6.45, 7) is 5.77. The summed E-state index contributed by atoms with van der Waals surface area (Å²) in [5, 5.41) is 13.8. The Hall–Kier alpha value is -1.88. The van der Waals surface area contributed by atoms with Crippen LogP contribution in [0.15, 0.2) is 30.3 Å². The van der Waals surface area contributed by atoms with Crippen LogP contribution in [0.2, 0.25) is 5.02 Å². The van der Waals surface area contributed by atoms with Gasteiger partial charge in [-0.05, 0) is 70.0 Å². The smallest absolute Gasteiger partial charge is 0.109 e. The Labute approximate surface area is 177 Å². The molecule has 0 bridgehead atoms. The topological polar surface area (TPSA) is 41.3 Å². The molecule has 2 aromatic heterocycles. The maximum atomic E-state index is 11.8. The first-order chi connectivity index (χ1) is 13.9. The minimum Gasteiger partial charge on any atom is -0.383 e. The number of aliphatic hydroxyl groups is 1. The number of pyridine rings is 1. The number of aryl methyl sites for hydroxylation is 2. The zero-order valence-electron chi connectivity index (χ0n) is 17.4. The highest BCUT2D eigenvalue weighted by Gasteiger charge is 2.37. The molecule has 152 valence electrons. The standard InChI is InChI=1S/C24H28ClN3O/c1-15-6-8-20-21(26-15)5-4-10-24(20,29)14-28-22-9-7-17(25)12-18(22)19-13-27(3)16(2)11-23(19)28/h6-9,12,16,29H,4-5,10-11,13-14H2,1-3H3. The van der Waals surface area contributed by atoms with Crippen LogP contribution in [-0.4, -0.2) is 32.6 Å². The minimum absolute atomic E-state index is 0.471. The van der Waals surface area contributed by atoms with E-state index in [2.05, 4.69) is 41.6 Å². The number of hydrogen-bond donors (Lipinski definition) is 1. The predicted molar refractivity (Wildman–Crippen MR) is 117 cm³/mol. The second-order valence-electron chi connectivity index (χ2n) is 8.97. The average Bonchev–Trinajstić information content (AvgIpc) is 2.94. The monoisotopic (exact) mass is 409 g/mol. The molecule has 29 heavy (non-hydrogen) atoms. The van der Waals surface area contributed by atoms with Crippen LogP contribution in [0.1, 0.15) is 48.0 Å². The van der Waals surface area contributed by atoms with Gasteiger partial charge >= 0.3 is 0 Å². The Kier molecular flexibility index (Phi) is 4.50. The van der Waals surface area contributed by atoms with Crippen molar-refractivity contribution in [3.8, 4) is 0 Å². The Morgan fingerprint density at radius 2 is 2.10 bits per heavy atom. The van der Waals surface area contributed by atoms with Gasteiger partial charge in [-0.15, -0.1) is 0 Å². The van der Waals surface area contributed by atoms with Crippen LogP contribution < -0.4 is 0 Å². The number of aromatic nitrogens is 2. The molecule has 0 saturated heterocycles. The number of benzene rings is 1. The van der Waals surface area contributed by atoms with Crippen molar-refractivity contribution < 1.29 is 5.11 Å². The van der Waals surface area contributed by atoms with Gasteiger partial charge in [0.1, 0.15) is 5.60 Å². The van der Waals surface area contributed by atoms with Crippen LogP contribution in [0, 0.1) is 6.92 Å². The first-order valence-electron chi connectivity index (χ1n) is 10.5. The fourth-order valence-corrected chi connectivity index (χ4v) is 5.39. The lowest BCUT2D eigenvalue weighted by Crippen LogP contribution is -2.39. The summed E-state index contributed by atoms with van der Waals surface area (Å²) in [7, 11) is 2.18. The number of fused-ring (bicyclic) bond motifs is 4. The zero-order valence-corrected chi connectivity index (χ0v) is 18.1. The van der Waals surface area contributed by atoms with Gasteiger partial charge < -0.3 is 9.67 Å². The van der Waals surface area contributed by atoms with Crippen molar-refractivity contribution in [2.24, 2.45) is 0 Å². The van der Waals surface area contributed by atoms with Crippen LogP contribution >= 0.6 is 11.6 Å². The van der Waals surface area contributed by atoms with Crippen molar-refractivity contribution >= 4 is 22.5 Å². The lowest BCUT2D eigenvalue weighted by atomic mass is 9.81. The molecule has 0 saturated carbocycles. The van der Waals surface area contributed by atoms with E-state index in [9.17, 15) is 5.11 Å². The molecule has 3 aromatic rings. The quantitative estimate of drug-likeness (QED) is 0.672. The first-order valence-corrected chi connectivity index (χ1v) is 10.9. The normalized spacial score (nSPS) is 24.5. The van der Waals surface area contributed by atoms with Crippen molar-refractivity contribution in [3.63, 3.8) is 0 Å². The van der Waals surface area contributed by atoms with E-state index in [0.717, 1.165) is 54.2 Å². The molecule has 2 atom stereocenters. The lowest BCUT2D eigenvalue weighted by molar-refractivity contribution is 0.000815. The van der Waals surface area contributed by atoms with Crippen LogP contribution in [0.4, 0.5) is 0 Å². The van der Waals surface area contributed by atoms with Crippen LogP contribution in [-0.2, 0) is 31.5 Å². The lowest BCUT2D eigenvalue weighted by Gasteiger charge is -2.36. The molecule has 0 fully saturated rings. The third-order valence-corrected chi connectivity index (χ3v) is 7.17.